The lowest BCUT2D eigenvalue weighted by atomic mass is 9.99. The summed E-state index contributed by atoms with van der Waals surface area (Å²) in [6.07, 6.45) is -0.659. The molecule has 148 valence electrons. The zero-order chi connectivity index (χ0) is 21.3. The normalized spacial score (nSPS) is 10.8. The zero-order valence-electron chi connectivity index (χ0n) is 15.8. The van der Waals surface area contributed by atoms with Crippen LogP contribution in [0.4, 0.5) is 0 Å². The molecule has 1 heterocycles. The van der Waals surface area contributed by atoms with Crippen molar-refractivity contribution >= 4 is 22.5 Å². The first-order valence-electron chi connectivity index (χ1n) is 9.25. The van der Waals surface area contributed by atoms with Crippen molar-refractivity contribution in [2.45, 2.75) is 6.42 Å². The first-order valence-corrected chi connectivity index (χ1v) is 9.25. The van der Waals surface area contributed by atoms with Gasteiger partial charge >= 0.3 is 0 Å². The number of phenolic OH excluding ortho intramolecular Hbond substituents is 1. The molecular weight excluding hydrogens is 382 g/mol. The van der Waals surface area contributed by atoms with E-state index in [-0.39, 0.29) is 11.3 Å². The number of phenols is 1. The van der Waals surface area contributed by atoms with Gasteiger partial charge in [-0.05, 0) is 36.4 Å². The van der Waals surface area contributed by atoms with E-state index in [1.165, 1.54) is 16.7 Å². The topological polar surface area (TPSA) is 96.6 Å². The van der Waals surface area contributed by atoms with Crippen molar-refractivity contribution in [1.82, 2.24) is 4.57 Å². The number of ketones is 2. The molecule has 30 heavy (non-hydrogen) atoms. The monoisotopic (exact) mass is 399 g/mol. The minimum atomic E-state index is -0.818. The predicted molar refractivity (Wildman–Crippen MR) is 113 cm³/mol. The number of fused-ring (bicyclic) bond motifs is 1. The minimum absolute atomic E-state index is 0.0190. The Labute approximate surface area is 171 Å². The summed E-state index contributed by atoms with van der Waals surface area (Å²) in [5.41, 5.74) is -0.224. The molecular formula is C24H17NO5. The van der Waals surface area contributed by atoms with Gasteiger partial charge in [0.05, 0.1) is 17.5 Å². The summed E-state index contributed by atoms with van der Waals surface area (Å²) in [6.45, 7) is 0. The smallest absolute Gasteiger partial charge is 0.270 e. The van der Waals surface area contributed by atoms with Crippen LogP contribution in [0, 0.1) is 0 Å². The van der Waals surface area contributed by atoms with Crippen LogP contribution in [0.1, 0.15) is 27.1 Å². The summed E-state index contributed by atoms with van der Waals surface area (Å²) < 4.78 is 1.34. The molecule has 3 aromatic carbocycles. The number of para-hydroxylation sites is 3. The lowest BCUT2D eigenvalue weighted by molar-refractivity contribution is 0.0891. The summed E-state index contributed by atoms with van der Waals surface area (Å²) in [7, 11) is 0. The summed E-state index contributed by atoms with van der Waals surface area (Å²) in [5.74, 6) is -2.17. The third-order valence-corrected chi connectivity index (χ3v) is 4.87. The molecule has 6 nitrogen and oxygen atoms in total. The molecule has 0 aliphatic rings. The van der Waals surface area contributed by atoms with E-state index in [1.54, 1.807) is 66.7 Å². The second-order valence-corrected chi connectivity index (χ2v) is 6.76. The maximum atomic E-state index is 13.3. The molecule has 0 unspecified atom stereocenters. The molecule has 0 aliphatic carbocycles. The fourth-order valence-corrected chi connectivity index (χ4v) is 3.45. The summed E-state index contributed by atoms with van der Waals surface area (Å²) in [5, 5.41) is 20.9. The lowest BCUT2D eigenvalue weighted by Crippen LogP contribution is -2.27. The molecule has 0 atom stereocenters. The Morgan fingerprint density at radius 2 is 1.40 bits per heavy atom. The fourth-order valence-electron chi connectivity index (χ4n) is 3.45. The van der Waals surface area contributed by atoms with Crippen molar-refractivity contribution in [1.29, 1.82) is 0 Å². The van der Waals surface area contributed by atoms with Gasteiger partial charge in [-0.25, -0.2) is 0 Å². The molecule has 0 saturated carbocycles. The average Bonchev–Trinajstić information content (AvgIpc) is 2.75. The second kappa shape index (κ2) is 7.67. The lowest BCUT2D eigenvalue weighted by Gasteiger charge is -2.14. The summed E-state index contributed by atoms with van der Waals surface area (Å²) in [4.78, 5) is 38.7. The van der Waals surface area contributed by atoms with Crippen molar-refractivity contribution in [3.63, 3.8) is 0 Å². The summed E-state index contributed by atoms with van der Waals surface area (Å²) in [6, 6.07) is 21.3. The number of pyridine rings is 1. The third-order valence-electron chi connectivity index (χ3n) is 4.87. The van der Waals surface area contributed by atoms with Crippen LogP contribution >= 0.6 is 0 Å². The Kier molecular flexibility index (Phi) is 4.90. The molecule has 4 rings (SSSR count). The Hall–Kier alpha value is -4.19. The number of Topliss-reactive ketones (excluding diaryl/α,β-unsaturated/α-hetero) is 2. The fraction of sp³-hybridized carbons (Fsp3) is 0.0417. The predicted octanol–water partition coefficient (Wildman–Crippen LogP) is 3.86. The van der Waals surface area contributed by atoms with E-state index in [2.05, 4.69) is 0 Å². The number of hydrogen-bond donors (Lipinski definition) is 2. The van der Waals surface area contributed by atoms with Crippen molar-refractivity contribution in [3.05, 3.63) is 100 Å². The molecule has 0 amide bonds. The van der Waals surface area contributed by atoms with Gasteiger partial charge in [0.1, 0.15) is 17.1 Å². The van der Waals surface area contributed by atoms with E-state index in [9.17, 15) is 24.6 Å². The van der Waals surface area contributed by atoms with Crippen molar-refractivity contribution in [2.75, 3.05) is 0 Å². The highest BCUT2D eigenvalue weighted by Crippen LogP contribution is 2.29. The molecule has 2 N–H and O–H groups in total. The van der Waals surface area contributed by atoms with E-state index in [0.717, 1.165) is 0 Å². The van der Waals surface area contributed by atoms with Gasteiger partial charge in [0.15, 0.2) is 11.6 Å². The highest BCUT2D eigenvalue weighted by Gasteiger charge is 2.25. The van der Waals surface area contributed by atoms with Crippen molar-refractivity contribution in [2.24, 2.45) is 0 Å². The SMILES string of the molecule is O=C(CC(=O)c1c(O)c2ccccc2n(-c2ccccc2)c1=O)c1ccccc1O. The van der Waals surface area contributed by atoms with Gasteiger partial charge in [0.2, 0.25) is 0 Å². The minimum Gasteiger partial charge on any atom is -0.507 e. The van der Waals surface area contributed by atoms with Crippen LogP contribution in [0.5, 0.6) is 11.5 Å². The maximum Gasteiger partial charge on any atom is 0.270 e. The number of rotatable bonds is 5. The highest BCUT2D eigenvalue weighted by atomic mass is 16.3. The number of benzene rings is 3. The van der Waals surface area contributed by atoms with Crippen LogP contribution in [0.3, 0.4) is 0 Å². The van der Waals surface area contributed by atoms with E-state index >= 15 is 0 Å². The summed E-state index contributed by atoms with van der Waals surface area (Å²) >= 11 is 0. The Morgan fingerprint density at radius 3 is 2.13 bits per heavy atom. The number of hydrogen-bond acceptors (Lipinski definition) is 5. The molecule has 0 aliphatic heterocycles. The molecule has 1 aromatic heterocycles. The molecule has 0 spiro atoms. The number of nitrogens with zero attached hydrogens (tertiary/aromatic N) is 1. The quantitative estimate of drug-likeness (QED) is 0.392. The van der Waals surface area contributed by atoms with E-state index in [0.29, 0.717) is 16.6 Å². The van der Waals surface area contributed by atoms with E-state index in [1.807, 2.05) is 0 Å². The molecule has 0 fully saturated rings. The Bertz CT molecular complexity index is 1340. The molecule has 0 radical (unpaired) electrons. The van der Waals surface area contributed by atoms with Gasteiger partial charge in [0.25, 0.3) is 5.56 Å². The molecule has 6 heteroatoms. The van der Waals surface area contributed by atoms with Gasteiger partial charge in [-0.1, -0.05) is 42.5 Å². The van der Waals surface area contributed by atoms with Gasteiger partial charge in [-0.2, -0.15) is 0 Å². The van der Waals surface area contributed by atoms with Crippen LogP contribution in [-0.2, 0) is 0 Å². The first kappa shape index (κ1) is 19.1. The second-order valence-electron chi connectivity index (χ2n) is 6.76. The molecule has 0 bridgehead atoms. The van der Waals surface area contributed by atoms with Crippen LogP contribution in [-0.4, -0.2) is 26.3 Å². The highest BCUT2D eigenvalue weighted by molar-refractivity contribution is 6.16. The molecule has 4 aromatic rings. The number of carbonyl (C=O) groups is 2. The Morgan fingerprint density at radius 1 is 0.767 bits per heavy atom. The maximum absolute atomic E-state index is 13.3. The standard InChI is InChI=1S/C24H17NO5/c26-19-13-7-5-11-17(19)20(27)14-21(28)22-23(29)16-10-4-6-12-18(16)25(24(22)30)15-8-2-1-3-9-15/h1-13,26,29H,14H2. The largest absolute Gasteiger partial charge is 0.507 e. The van der Waals surface area contributed by atoms with E-state index in [4.69, 9.17) is 0 Å². The zero-order valence-corrected chi connectivity index (χ0v) is 15.8. The van der Waals surface area contributed by atoms with Crippen molar-refractivity contribution in [3.8, 4) is 17.2 Å². The van der Waals surface area contributed by atoms with Crippen LogP contribution in [0.15, 0.2) is 83.7 Å². The van der Waals surface area contributed by atoms with Crippen LogP contribution in [0.25, 0.3) is 16.6 Å². The van der Waals surface area contributed by atoms with Gasteiger partial charge in [-0.15, -0.1) is 0 Å². The van der Waals surface area contributed by atoms with Gasteiger partial charge < -0.3 is 10.2 Å². The third kappa shape index (κ3) is 3.24. The van der Waals surface area contributed by atoms with E-state index < -0.39 is 34.9 Å². The van der Waals surface area contributed by atoms with Crippen LogP contribution < -0.4 is 5.56 Å². The number of aromatic nitrogens is 1. The first-order chi connectivity index (χ1) is 14.5. The average molecular weight is 399 g/mol. The molecule has 0 saturated heterocycles. The van der Waals surface area contributed by atoms with Crippen LogP contribution in [0.2, 0.25) is 0 Å². The Balaban J connectivity index is 1.87. The van der Waals surface area contributed by atoms with Crippen molar-refractivity contribution < 1.29 is 19.8 Å². The number of aromatic hydroxyl groups is 2. The van der Waals surface area contributed by atoms with Gasteiger partial charge in [-0.3, -0.25) is 19.0 Å². The number of carbonyl (C=O) groups excluding carboxylic acids is 2. The van der Waals surface area contributed by atoms with Gasteiger partial charge in [0, 0.05) is 11.1 Å².